The molecule has 317 valence electrons. The van der Waals surface area contributed by atoms with Gasteiger partial charge in [0.05, 0.1) is 22.4 Å². The van der Waals surface area contributed by atoms with Crippen molar-refractivity contribution in [2.75, 3.05) is 0 Å². The molecule has 0 unspecified atom stereocenters. The smallest absolute Gasteiger partial charge is 0 e. The molecule has 6 aromatic carbocycles. The molecule has 3 heterocycles. The van der Waals surface area contributed by atoms with E-state index in [0.717, 1.165) is 60.1 Å². The first kappa shape index (κ1) is 38.6. The predicted molar refractivity (Wildman–Crippen MR) is 261 cm³/mol. The molecule has 0 amide bonds. The molecular formula is C56H57GeIrN3O-2. The monoisotopic (exact) mass is 1060 g/mol. The third kappa shape index (κ3) is 9.18. The van der Waals surface area contributed by atoms with E-state index in [0.29, 0.717) is 11.2 Å². The summed E-state index contributed by atoms with van der Waals surface area (Å²) in [6, 6.07) is 48.7. The molecule has 9 rings (SSSR count). The van der Waals surface area contributed by atoms with E-state index in [4.69, 9.17) is 16.3 Å². The molecular weight excluding hydrogens is 995 g/mol. The molecule has 1 radical (unpaired) electrons. The first-order valence-corrected chi connectivity index (χ1v) is 28.7. The Morgan fingerprint density at radius 2 is 1.45 bits per heavy atom. The van der Waals surface area contributed by atoms with E-state index in [1.165, 1.54) is 22.3 Å². The molecule has 0 bridgehead atoms. The van der Waals surface area contributed by atoms with Gasteiger partial charge < -0.3 is 8.98 Å². The van der Waals surface area contributed by atoms with Crippen LogP contribution in [0.5, 0.6) is 0 Å². The molecule has 4 nitrogen and oxygen atoms in total. The Morgan fingerprint density at radius 1 is 0.742 bits per heavy atom. The summed E-state index contributed by atoms with van der Waals surface area (Å²) in [5.41, 5.74) is 12.6. The SMILES string of the molecule is [2H]C([2H])([2H])c1ccc2c(c1)oc1c(-c3nc4ccccc4n3-c3c(C(C)C)cc(-c4ccccc4)cc3C(C)C)[c-]ccc12.[2H]C([2H])(c1cc(-c2[c-]cccc2)nc[c]1[Ge]([CH3])([CH3])[CH3])C(C)C.[Ir]. The summed E-state index contributed by atoms with van der Waals surface area (Å²) in [6.07, 6.45) is 0.562. The molecule has 0 saturated carbocycles. The van der Waals surface area contributed by atoms with Crippen molar-refractivity contribution in [3.05, 3.63) is 168 Å². The largest absolute Gasteiger partial charge is 0 e. The average Bonchev–Trinajstić information content (AvgIpc) is 3.87. The molecule has 62 heavy (non-hydrogen) atoms. The molecule has 0 atom stereocenters. The van der Waals surface area contributed by atoms with E-state index in [-0.39, 0.29) is 43.4 Å². The number of nitrogens with zero attached hydrogens (tertiary/aromatic N) is 3. The third-order valence-electron chi connectivity index (χ3n) is 11.1. The van der Waals surface area contributed by atoms with Crippen LogP contribution in [-0.2, 0) is 26.5 Å². The van der Waals surface area contributed by atoms with Gasteiger partial charge in [-0.15, -0.1) is 18.2 Å². The fraction of sp³-hybridized carbons (Fsp3) is 0.250. The van der Waals surface area contributed by atoms with Gasteiger partial charge in [0.1, 0.15) is 5.58 Å². The molecule has 0 aliphatic carbocycles. The topological polar surface area (TPSA) is 43.9 Å². The number of pyridine rings is 1. The minimum Gasteiger partial charge on any atom is 0 e. The second-order valence-electron chi connectivity index (χ2n) is 17.8. The van der Waals surface area contributed by atoms with Gasteiger partial charge in [-0.3, -0.25) is 4.98 Å². The maximum atomic E-state index is 8.56. The van der Waals surface area contributed by atoms with E-state index in [9.17, 15) is 0 Å². The zero-order valence-corrected chi connectivity index (χ0v) is 41.5. The van der Waals surface area contributed by atoms with Gasteiger partial charge in [-0.05, 0) is 76.8 Å². The van der Waals surface area contributed by atoms with Crippen LogP contribution in [0.4, 0.5) is 0 Å². The number of hydrogen-bond acceptors (Lipinski definition) is 3. The summed E-state index contributed by atoms with van der Waals surface area (Å²) < 4.78 is 50.7. The maximum absolute atomic E-state index is 8.56. The molecule has 0 fully saturated rings. The standard InChI is InChI=1S/C38H33N2O.C18H24GeN.Ir/c1-23(2)31-21-27(26-12-7-6-8-13-26)22-32(24(3)4)36(31)40-34-17-10-9-16-33(34)39-38(40)30-15-11-14-29-28-19-18-25(5)20-35(28)41-37(29)30;1-14(2)11-16-12-18(15-9-7-6-8-10-15)20-13-17(16)19(3,4)5;/h6-14,16-24H,1-5H3;6-9,12-14H,11H2,1-5H3;/q2*-1;/i5D3;11D2;. The van der Waals surface area contributed by atoms with Gasteiger partial charge in [0, 0.05) is 35.3 Å². The maximum Gasteiger partial charge on any atom is 0 e. The fourth-order valence-corrected chi connectivity index (χ4v) is 11.1. The van der Waals surface area contributed by atoms with Gasteiger partial charge in [0.25, 0.3) is 0 Å². The normalized spacial score (nSPS) is 13.4. The summed E-state index contributed by atoms with van der Waals surface area (Å²) in [7, 11) is 0. The van der Waals surface area contributed by atoms with Crippen molar-refractivity contribution in [3.63, 3.8) is 0 Å². The predicted octanol–water partition coefficient (Wildman–Crippen LogP) is 14.9. The summed E-state index contributed by atoms with van der Waals surface area (Å²) in [5, 5.41) is 1.76. The van der Waals surface area contributed by atoms with Crippen molar-refractivity contribution >= 4 is 50.6 Å². The van der Waals surface area contributed by atoms with Crippen LogP contribution >= 0.6 is 0 Å². The van der Waals surface area contributed by atoms with Crippen LogP contribution in [0.3, 0.4) is 0 Å². The van der Waals surface area contributed by atoms with Gasteiger partial charge in [-0.2, -0.15) is 0 Å². The van der Waals surface area contributed by atoms with Crippen LogP contribution in [0.25, 0.3) is 72.4 Å². The van der Waals surface area contributed by atoms with Crippen molar-refractivity contribution in [2.45, 2.75) is 83.9 Å². The Balaban J connectivity index is 0.000000245. The van der Waals surface area contributed by atoms with E-state index in [1.54, 1.807) is 12.1 Å². The zero-order chi connectivity index (χ0) is 47.3. The van der Waals surface area contributed by atoms with Gasteiger partial charge in [0.15, 0.2) is 0 Å². The van der Waals surface area contributed by atoms with Gasteiger partial charge in [0.2, 0.25) is 0 Å². The molecule has 0 aliphatic rings. The van der Waals surface area contributed by atoms with E-state index in [2.05, 4.69) is 115 Å². The van der Waals surface area contributed by atoms with Crippen LogP contribution in [0.2, 0.25) is 17.3 Å². The Labute approximate surface area is 391 Å². The number of fused-ring (bicyclic) bond motifs is 4. The Bertz CT molecular complexity index is 3160. The minimum atomic E-state index is -2.22. The van der Waals surface area contributed by atoms with Crippen LogP contribution in [0.15, 0.2) is 138 Å². The number of rotatable bonds is 9. The van der Waals surface area contributed by atoms with Crippen molar-refractivity contribution in [1.29, 1.82) is 0 Å². The zero-order valence-electron chi connectivity index (χ0n) is 42.0. The second-order valence-corrected chi connectivity index (χ2v) is 28.4. The Hall–Kier alpha value is -5.07. The van der Waals surface area contributed by atoms with E-state index in [1.807, 2.05) is 86.8 Å². The fourth-order valence-electron chi connectivity index (χ4n) is 8.13. The molecule has 0 aliphatic heterocycles. The Morgan fingerprint density at radius 3 is 2.11 bits per heavy atom. The summed E-state index contributed by atoms with van der Waals surface area (Å²) in [4.78, 5) is 9.80. The van der Waals surface area contributed by atoms with Crippen molar-refractivity contribution < 1.29 is 31.4 Å². The average molecular weight is 1060 g/mol. The van der Waals surface area contributed by atoms with Crippen molar-refractivity contribution in [1.82, 2.24) is 14.5 Å². The quantitative estimate of drug-likeness (QED) is 0.107. The molecule has 0 N–H and O–H groups in total. The first-order valence-electron chi connectivity index (χ1n) is 23.8. The third-order valence-corrected chi connectivity index (χ3v) is 15.3. The van der Waals surface area contributed by atoms with Gasteiger partial charge >= 0.3 is 128 Å². The second kappa shape index (κ2) is 18.7. The number of hydrogen-bond donors (Lipinski definition) is 0. The number of imidazole rings is 1. The summed E-state index contributed by atoms with van der Waals surface area (Å²) in [6.45, 7) is 10.6. The summed E-state index contributed by atoms with van der Waals surface area (Å²) in [5.74, 6) is 7.99. The van der Waals surface area contributed by atoms with Crippen LogP contribution in [0.1, 0.15) is 82.5 Å². The first-order chi connectivity index (χ1) is 31.3. The van der Waals surface area contributed by atoms with Crippen molar-refractivity contribution in [2.24, 2.45) is 5.92 Å². The molecule has 0 saturated heterocycles. The minimum absolute atomic E-state index is 0. The number of aryl methyl sites for hydroxylation is 1. The number of para-hydroxylation sites is 2. The van der Waals surface area contributed by atoms with Gasteiger partial charge in [-0.25, -0.2) is 0 Å². The molecule has 0 spiro atoms. The van der Waals surface area contributed by atoms with Crippen LogP contribution < -0.4 is 4.40 Å². The molecule has 9 aromatic rings. The number of furan rings is 1. The van der Waals surface area contributed by atoms with Crippen molar-refractivity contribution in [3.8, 4) is 39.5 Å². The molecule has 6 heteroatoms. The van der Waals surface area contributed by atoms with Gasteiger partial charge in [-0.1, -0.05) is 93.2 Å². The summed E-state index contributed by atoms with van der Waals surface area (Å²) >= 11 is -2.20. The van der Waals surface area contributed by atoms with E-state index >= 15 is 0 Å². The molecule has 3 aromatic heterocycles. The Kier molecular flexibility index (Phi) is 11.7. The van der Waals surface area contributed by atoms with Crippen LogP contribution in [-0.4, -0.2) is 27.8 Å². The number of aromatic nitrogens is 3. The number of benzene rings is 6. The van der Waals surface area contributed by atoms with E-state index < -0.39 is 26.5 Å². The van der Waals surface area contributed by atoms with Crippen LogP contribution in [0, 0.1) is 24.9 Å².